The van der Waals surface area contributed by atoms with Gasteiger partial charge in [-0.2, -0.15) is 0 Å². The number of ketones is 1. The Kier molecular flexibility index (Phi) is 5.31. The molecule has 1 aromatic rings. The number of rotatable bonds is 4. The Bertz CT molecular complexity index is 461. The van der Waals surface area contributed by atoms with Crippen molar-refractivity contribution in [3.63, 3.8) is 0 Å². The molecule has 4 nitrogen and oxygen atoms in total. The van der Waals surface area contributed by atoms with E-state index in [9.17, 15) is 9.59 Å². The van der Waals surface area contributed by atoms with E-state index in [1.54, 1.807) is 19.9 Å². The SMILES string of the molecule is CC(C)(NC(=O)c1ccc(Cl)nc1)C(=O)C(Br)Br. The van der Waals surface area contributed by atoms with Crippen LogP contribution in [-0.4, -0.2) is 25.9 Å². The van der Waals surface area contributed by atoms with E-state index in [1.807, 2.05) is 0 Å². The molecule has 1 aromatic heterocycles. The van der Waals surface area contributed by atoms with Crippen molar-refractivity contribution in [1.82, 2.24) is 10.3 Å². The molecule has 0 aliphatic rings. The van der Waals surface area contributed by atoms with Crippen molar-refractivity contribution in [2.45, 2.75) is 23.1 Å². The molecule has 0 unspecified atom stereocenters. The van der Waals surface area contributed by atoms with Crippen molar-refractivity contribution in [1.29, 1.82) is 0 Å². The van der Waals surface area contributed by atoms with Gasteiger partial charge in [0.25, 0.3) is 5.91 Å². The fraction of sp³-hybridized carbons (Fsp3) is 0.364. The summed E-state index contributed by atoms with van der Waals surface area (Å²) in [6.45, 7) is 3.26. The number of Topliss-reactive ketones (excluding diaryl/α,β-unsaturated/α-hetero) is 1. The van der Waals surface area contributed by atoms with Gasteiger partial charge in [0, 0.05) is 6.20 Å². The van der Waals surface area contributed by atoms with Crippen molar-refractivity contribution in [3.05, 3.63) is 29.0 Å². The van der Waals surface area contributed by atoms with Crippen LogP contribution in [-0.2, 0) is 4.79 Å². The average Bonchev–Trinajstić information content (AvgIpc) is 2.28. The summed E-state index contributed by atoms with van der Waals surface area (Å²) >= 11 is 11.9. The monoisotopic (exact) mass is 396 g/mol. The minimum atomic E-state index is -0.992. The normalized spacial score (nSPS) is 11.4. The Balaban J connectivity index is 2.81. The Morgan fingerprint density at radius 2 is 2.00 bits per heavy atom. The number of halogens is 3. The maximum absolute atomic E-state index is 11.9. The zero-order chi connectivity index (χ0) is 13.9. The predicted octanol–water partition coefficient (Wildman–Crippen LogP) is 2.93. The van der Waals surface area contributed by atoms with Gasteiger partial charge in [0.15, 0.2) is 5.78 Å². The van der Waals surface area contributed by atoms with Crippen molar-refractivity contribution < 1.29 is 9.59 Å². The third-order valence-electron chi connectivity index (χ3n) is 2.23. The number of aromatic nitrogens is 1. The van der Waals surface area contributed by atoms with Crippen LogP contribution in [0.1, 0.15) is 24.2 Å². The van der Waals surface area contributed by atoms with E-state index >= 15 is 0 Å². The molecular formula is C11H11Br2ClN2O2. The molecule has 0 saturated heterocycles. The van der Waals surface area contributed by atoms with Crippen LogP contribution in [0.2, 0.25) is 5.15 Å². The van der Waals surface area contributed by atoms with Crippen LogP contribution >= 0.6 is 43.5 Å². The first kappa shape index (κ1) is 15.6. The molecule has 0 atom stereocenters. The van der Waals surface area contributed by atoms with Crippen LogP contribution in [0.4, 0.5) is 0 Å². The highest BCUT2D eigenvalue weighted by atomic mass is 79.9. The smallest absolute Gasteiger partial charge is 0.253 e. The lowest BCUT2D eigenvalue weighted by Crippen LogP contribution is -2.51. The minimum Gasteiger partial charge on any atom is -0.340 e. The summed E-state index contributed by atoms with van der Waals surface area (Å²) in [6, 6.07) is 3.06. The first-order valence-electron chi connectivity index (χ1n) is 5.00. The van der Waals surface area contributed by atoms with E-state index in [2.05, 4.69) is 42.2 Å². The fourth-order valence-corrected chi connectivity index (χ4v) is 2.46. The van der Waals surface area contributed by atoms with Crippen LogP contribution in [0.15, 0.2) is 18.3 Å². The van der Waals surface area contributed by atoms with Gasteiger partial charge in [0.05, 0.1) is 11.1 Å². The zero-order valence-electron chi connectivity index (χ0n) is 9.71. The maximum Gasteiger partial charge on any atom is 0.253 e. The number of hydrogen-bond donors (Lipinski definition) is 1. The molecule has 1 amide bonds. The number of hydrogen-bond acceptors (Lipinski definition) is 3. The van der Waals surface area contributed by atoms with E-state index in [1.165, 1.54) is 12.3 Å². The van der Waals surface area contributed by atoms with E-state index in [0.717, 1.165) is 0 Å². The van der Waals surface area contributed by atoms with E-state index in [0.29, 0.717) is 10.7 Å². The number of alkyl halides is 2. The van der Waals surface area contributed by atoms with Crippen molar-refractivity contribution >= 4 is 55.2 Å². The van der Waals surface area contributed by atoms with E-state index in [4.69, 9.17) is 11.6 Å². The van der Waals surface area contributed by atoms with Crippen LogP contribution in [0.3, 0.4) is 0 Å². The van der Waals surface area contributed by atoms with Gasteiger partial charge in [-0.25, -0.2) is 4.98 Å². The maximum atomic E-state index is 11.9. The highest BCUT2D eigenvalue weighted by Gasteiger charge is 2.33. The molecule has 0 spiro atoms. The van der Waals surface area contributed by atoms with Crippen molar-refractivity contribution in [2.24, 2.45) is 0 Å². The lowest BCUT2D eigenvalue weighted by molar-refractivity contribution is -0.121. The topological polar surface area (TPSA) is 59.1 Å². The molecule has 0 aromatic carbocycles. The summed E-state index contributed by atoms with van der Waals surface area (Å²) in [5.74, 6) is -0.559. The van der Waals surface area contributed by atoms with Gasteiger partial charge in [-0.15, -0.1) is 0 Å². The molecule has 1 rings (SSSR count). The molecule has 7 heteroatoms. The lowest BCUT2D eigenvalue weighted by atomic mass is 10.00. The molecule has 98 valence electrons. The first-order chi connectivity index (χ1) is 8.24. The Morgan fingerprint density at radius 3 is 2.44 bits per heavy atom. The Hall–Kier alpha value is -0.460. The van der Waals surface area contributed by atoms with Crippen LogP contribution in [0, 0.1) is 0 Å². The second-order valence-electron chi connectivity index (χ2n) is 4.11. The highest BCUT2D eigenvalue weighted by molar-refractivity contribution is 9.25. The standard InChI is InChI=1S/C11H11Br2ClN2O2/c1-11(2,8(17)9(12)13)16-10(18)6-3-4-7(14)15-5-6/h3-5,9H,1-2H3,(H,16,18). The Morgan fingerprint density at radius 1 is 1.39 bits per heavy atom. The van der Waals surface area contributed by atoms with Gasteiger partial charge in [0.2, 0.25) is 0 Å². The van der Waals surface area contributed by atoms with Gasteiger partial charge in [-0.3, -0.25) is 9.59 Å². The number of pyridine rings is 1. The summed E-state index contributed by atoms with van der Waals surface area (Å²) in [4.78, 5) is 27.6. The van der Waals surface area contributed by atoms with E-state index < -0.39 is 9.28 Å². The van der Waals surface area contributed by atoms with Gasteiger partial charge < -0.3 is 5.32 Å². The molecule has 0 saturated carbocycles. The fourth-order valence-electron chi connectivity index (χ4n) is 1.20. The molecule has 0 radical (unpaired) electrons. The largest absolute Gasteiger partial charge is 0.340 e. The number of carbonyl (C=O) groups is 2. The molecule has 0 fully saturated rings. The van der Waals surface area contributed by atoms with Gasteiger partial charge in [0.1, 0.15) is 8.89 Å². The third kappa shape index (κ3) is 4.03. The van der Waals surface area contributed by atoms with Gasteiger partial charge >= 0.3 is 0 Å². The molecule has 1 heterocycles. The lowest BCUT2D eigenvalue weighted by Gasteiger charge is -2.25. The summed E-state index contributed by atoms with van der Waals surface area (Å²) in [5.41, 5.74) is -0.644. The molecule has 18 heavy (non-hydrogen) atoms. The second kappa shape index (κ2) is 6.12. The molecule has 0 aliphatic heterocycles. The first-order valence-corrected chi connectivity index (χ1v) is 7.21. The average molecular weight is 398 g/mol. The summed E-state index contributed by atoms with van der Waals surface area (Å²) in [5, 5.41) is 2.95. The minimum absolute atomic E-state index is 0.183. The highest BCUT2D eigenvalue weighted by Crippen LogP contribution is 2.18. The molecular weight excluding hydrogens is 387 g/mol. The zero-order valence-corrected chi connectivity index (χ0v) is 13.6. The number of carbonyl (C=O) groups excluding carboxylic acids is 2. The number of amides is 1. The second-order valence-corrected chi connectivity index (χ2v) is 7.56. The molecule has 1 N–H and O–H groups in total. The number of nitrogens with zero attached hydrogens (tertiary/aromatic N) is 1. The van der Waals surface area contributed by atoms with Crippen LogP contribution in [0.5, 0.6) is 0 Å². The van der Waals surface area contributed by atoms with Crippen LogP contribution < -0.4 is 5.32 Å². The van der Waals surface area contributed by atoms with Gasteiger partial charge in [-0.05, 0) is 26.0 Å². The quantitative estimate of drug-likeness (QED) is 0.627. The Labute approximate surface area is 127 Å². The van der Waals surface area contributed by atoms with E-state index in [-0.39, 0.29) is 11.7 Å². The summed E-state index contributed by atoms with van der Waals surface area (Å²) < 4.78 is -0.511. The predicted molar refractivity (Wildman–Crippen MR) is 77.4 cm³/mol. The van der Waals surface area contributed by atoms with Crippen LogP contribution in [0.25, 0.3) is 0 Å². The third-order valence-corrected chi connectivity index (χ3v) is 3.29. The molecule has 0 bridgehead atoms. The van der Waals surface area contributed by atoms with Gasteiger partial charge in [-0.1, -0.05) is 43.5 Å². The van der Waals surface area contributed by atoms with Crippen molar-refractivity contribution in [3.8, 4) is 0 Å². The number of nitrogens with one attached hydrogen (secondary N) is 1. The summed E-state index contributed by atoms with van der Waals surface area (Å²) in [6.07, 6.45) is 1.36. The summed E-state index contributed by atoms with van der Waals surface area (Å²) in [7, 11) is 0. The molecule has 0 aliphatic carbocycles. The van der Waals surface area contributed by atoms with Crippen molar-refractivity contribution in [2.75, 3.05) is 0 Å².